The van der Waals surface area contributed by atoms with Gasteiger partial charge in [-0.05, 0) is 36.1 Å². The quantitative estimate of drug-likeness (QED) is 0.475. The van der Waals surface area contributed by atoms with Crippen molar-refractivity contribution in [1.29, 1.82) is 0 Å². The van der Waals surface area contributed by atoms with Crippen molar-refractivity contribution >= 4 is 52.0 Å². The number of nitrogens with one attached hydrogen (secondary N) is 1. The highest BCUT2D eigenvalue weighted by Gasteiger charge is 2.21. The predicted molar refractivity (Wildman–Crippen MR) is 105 cm³/mol. The molecule has 1 saturated heterocycles. The van der Waals surface area contributed by atoms with Crippen LogP contribution >= 0.6 is 35.7 Å². The number of benzene rings is 2. The lowest BCUT2D eigenvalue weighted by Crippen LogP contribution is -2.17. The third kappa shape index (κ3) is 4.20. The number of hydrogen-bond acceptors (Lipinski definition) is 5. The van der Waals surface area contributed by atoms with Gasteiger partial charge in [0.25, 0.3) is 5.91 Å². The zero-order valence-corrected chi connectivity index (χ0v) is 15.4. The first-order chi connectivity index (χ1) is 11.7. The Morgan fingerprint density at radius 1 is 1.25 bits per heavy atom. The van der Waals surface area contributed by atoms with Crippen LogP contribution in [0.25, 0.3) is 6.08 Å². The normalized spacial score (nSPS) is 15.6. The molecular weight excluding hydrogens is 358 g/mol. The van der Waals surface area contributed by atoms with Gasteiger partial charge in [-0.15, -0.1) is 11.8 Å². The van der Waals surface area contributed by atoms with E-state index >= 15 is 0 Å². The summed E-state index contributed by atoms with van der Waals surface area (Å²) in [6.45, 7) is 0.510. The van der Waals surface area contributed by atoms with Crippen molar-refractivity contribution in [3.8, 4) is 5.75 Å². The molecule has 0 radical (unpaired) electrons. The predicted octanol–water partition coefficient (Wildman–Crippen LogP) is 4.48. The van der Waals surface area contributed by atoms with Crippen molar-refractivity contribution in [3.63, 3.8) is 0 Å². The van der Waals surface area contributed by atoms with Crippen LogP contribution in [0.4, 0.5) is 0 Å². The number of carbonyl (C=O) groups excluding carboxylic acids is 1. The topological polar surface area (TPSA) is 38.3 Å². The van der Waals surface area contributed by atoms with Gasteiger partial charge in [-0.1, -0.05) is 54.3 Å². The summed E-state index contributed by atoms with van der Waals surface area (Å²) in [5.41, 5.74) is 2.07. The zero-order valence-electron chi connectivity index (χ0n) is 12.9. The minimum Gasteiger partial charge on any atom is -0.489 e. The fourth-order valence-electron chi connectivity index (χ4n) is 2.25. The molecule has 2 aromatic rings. The van der Waals surface area contributed by atoms with Crippen molar-refractivity contribution < 1.29 is 9.53 Å². The lowest BCUT2D eigenvalue weighted by Gasteiger charge is -2.10. The molecule has 1 fully saturated rings. The number of amides is 1. The Labute approximate surface area is 154 Å². The second kappa shape index (κ2) is 7.88. The molecule has 1 amide bonds. The average molecular weight is 374 g/mol. The summed E-state index contributed by atoms with van der Waals surface area (Å²) in [5, 5.41) is 2.61. The number of hydrogen-bond donors (Lipinski definition) is 1. The molecule has 0 bridgehead atoms. The molecule has 24 heavy (non-hydrogen) atoms. The van der Waals surface area contributed by atoms with E-state index in [-0.39, 0.29) is 5.91 Å². The third-order valence-corrected chi connectivity index (χ3v) is 5.39. The zero-order chi connectivity index (χ0) is 16.9. The summed E-state index contributed by atoms with van der Waals surface area (Å²) in [6, 6.07) is 15.9. The van der Waals surface area contributed by atoms with Gasteiger partial charge in [-0.25, -0.2) is 0 Å². The molecule has 0 atom stereocenters. The van der Waals surface area contributed by atoms with Crippen LogP contribution in [0.1, 0.15) is 11.1 Å². The molecule has 1 aliphatic heterocycles. The Morgan fingerprint density at radius 3 is 2.83 bits per heavy atom. The first-order valence-corrected chi connectivity index (χ1v) is 9.70. The van der Waals surface area contributed by atoms with E-state index in [4.69, 9.17) is 17.0 Å². The Bertz CT molecular complexity index is 817. The molecular formula is C18H15NO2S3. The van der Waals surface area contributed by atoms with Crippen molar-refractivity contribution in [3.05, 3.63) is 64.6 Å². The first kappa shape index (κ1) is 17.1. The maximum Gasteiger partial charge on any atom is 0.263 e. The van der Waals surface area contributed by atoms with Gasteiger partial charge in [0, 0.05) is 10.5 Å². The van der Waals surface area contributed by atoms with E-state index in [0.717, 1.165) is 16.9 Å². The molecule has 1 aliphatic rings. The maximum atomic E-state index is 11.7. The number of ether oxygens (including phenoxy) is 1. The van der Waals surface area contributed by atoms with Crippen LogP contribution in [0.2, 0.25) is 0 Å². The van der Waals surface area contributed by atoms with Crippen LogP contribution < -0.4 is 10.1 Å². The van der Waals surface area contributed by atoms with Gasteiger partial charge in [0.1, 0.15) is 16.7 Å². The minimum atomic E-state index is -0.148. The number of thiocarbonyl (C=S) groups is 1. The molecule has 2 aromatic carbocycles. The molecule has 1 heterocycles. The highest BCUT2D eigenvalue weighted by molar-refractivity contribution is 8.26. The average Bonchev–Trinajstić information content (AvgIpc) is 2.91. The lowest BCUT2D eigenvalue weighted by molar-refractivity contribution is -0.115. The molecule has 0 unspecified atom stereocenters. The van der Waals surface area contributed by atoms with Crippen molar-refractivity contribution in [2.45, 2.75) is 11.5 Å². The fourth-order valence-corrected chi connectivity index (χ4v) is 3.90. The second-order valence-corrected chi connectivity index (χ2v) is 7.59. The van der Waals surface area contributed by atoms with E-state index in [1.165, 1.54) is 16.7 Å². The minimum absolute atomic E-state index is 0.148. The third-order valence-electron chi connectivity index (χ3n) is 3.38. The van der Waals surface area contributed by atoms with Gasteiger partial charge in [0.05, 0.1) is 4.91 Å². The van der Waals surface area contributed by atoms with E-state index < -0.39 is 0 Å². The smallest absolute Gasteiger partial charge is 0.263 e. The van der Waals surface area contributed by atoms with Crippen molar-refractivity contribution in [2.24, 2.45) is 0 Å². The Hall–Kier alpha value is -1.76. The molecule has 0 aliphatic carbocycles. The second-order valence-electron chi connectivity index (χ2n) is 5.03. The summed E-state index contributed by atoms with van der Waals surface area (Å²) in [5.74, 6) is 0.622. The Morgan fingerprint density at radius 2 is 2.08 bits per heavy atom. The maximum absolute atomic E-state index is 11.7. The van der Waals surface area contributed by atoms with Crippen molar-refractivity contribution in [2.75, 3.05) is 6.26 Å². The highest BCUT2D eigenvalue weighted by atomic mass is 32.2. The number of thioether (sulfide) groups is 2. The standard InChI is InChI=1S/C18H15NO2S3/c1-23-15-8-3-2-6-13(15)11-21-14-7-4-5-12(9-14)10-16-17(20)19-18(22)24-16/h2-10H,11H2,1H3,(H,19,20,22). The molecule has 6 heteroatoms. The molecule has 3 rings (SSSR count). The number of rotatable bonds is 5. The van der Waals surface area contributed by atoms with Gasteiger partial charge >= 0.3 is 0 Å². The summed E-state index contributed by atoms with van der Waals surface area (Å²) in [7, 11) is 0. The van der Waals surface area contributed by atoms with E-state index in [9.17, 15) is 4.79 Å². The Kier molecular flexibility index (Phi) is 5.60. The largest absolute Gasteiger partial charge is 0.489 e. The van der Waals surface area contributed by atoms with Crippen LogP contribution in [-0.2, 0) is 11.4 Å². The van der Waals surface area contributed by atoms with Gasteiger partial charge < -0.3 is 10.1 Å². The number of carbonyl (C=O) groups is 1. The molecule has 3 nitrogen and oxygen atoms in total. The van der Waals surface area contributed by atoms with Gasteiger partial charge in [0.2, 0.25) is 0 Å². The van der Waals surface area contributed by atoms with E-state index in [2.05, 4.69) is 23.7 Å². The van der Waals surface area contributed by atoms with Gasteiger partial charge in [-0.3, -0.25) is 4.79 Å². The lowest BCUT2D eigenvalue weighted by atomic mass is 10.2. The SMILES string of the molecule is CSc1ccccc1COc1cccc(C=C2SC(=S)NC2=O)c1. The van der Waals surface area contributed by atoms with Crippen LogP contribution in [0, 0.1) is 0 Å². The van der Waals surface area contributed by atoms with Gasteiger partial charge in [0.15, 0.2) is 0 Å². The molecule has 122 valence electrons. The van der Waals surface area contributed by atoms with Crippen LogP contribution in [0.15, 0.2) is 58.3 Å². The first-order valence-electron chi connectivity index (χ1n) is 7.25. The molecule has 1 N–H and O–H groups in total. The van der Waals surface area contributed by atoms with E-state index in [1.54, 1.807) is 11.8 Å². The molecule has 0 saturated carbocycles. The highest BCUT2D eigenvalue weighted by Crippen LogP contribution is 2.27. The van der Waals surface area contributed by atoms with Crippen molar-refractivity contribution in [1.82, 2.24) is 5.32 Å². The van der Waals surface area contributed by atoms with Crippen LogP contribution in [0.3, 0.4) is 0 Å². The molecule has 0 spiro atoms. The monoisotopic (exact) mass is 373 g/mol. The molecule has 0 aromatic heterocycles. The summed E-state index contributed by atoms with van der Waals surface area (Å²) in [4.78, 5) is 13.5. The van der Waals surface area contributed by atoms with E-state index in [0.29, 0.717) is 15.8 Å². The van der Waals surface area contributed by atoms with Crippen LogP contribution in [-0.4, -0.2) is 16.5 Å². The fraction of sp³-hybridized carbons (Fsp3) is 0.111. The van der Waals surface area contributed by atoms with Crippen LogP contribution in [0.5, 0.6) is 5.75 Å². The summed E-state index contributed by atoms with van der Waals surface area (Å²) < 4.78 is 6.40. The Balaban J connectivity index is 1.73. The summed E-state index contributed by atoms with van der Waals surface area (Å²) in [6.07, 6.45) is 3.88. The van der Waals surface area contributed by atoms with E-state index in [1.807, 2.05) is 42.5 Å². The van der Waals surface area contributed by atoms with Gasteiger partial charge in [-0.2, -0.15) is 0 Å². The summed E-state index contributed by atoms with van der Waals surface area (Å²) >= 11 is 7.98.